The Hall–Kier alpha value is -0.0800. The van der Waals surface area contributed by atoms with Crippen LogP contribution in [0.2, 0.25) is 0 Å². The van der Waals surface area contributed by atoms with Crippen LogP contribution in [0.5, 0.6) is 0 Å². The Morgan fingerprint density at radius 3 is 2.20 bits per heavy atom. The van der Waals surface area contributed by atoms with E-state index in [-0.39, 0.29) is 0 Å². The van der Waals surface area contributed by atoms with Crippen molar-refractivity contribution in [2.75, 3.05) is 0 Å². The molecular formula is C8H20N2. The Morgan fingerprint density at radius 2 is 1.80 bits per heavy atom. The van der Waals surface area contributed by atoms with Crippen LogP contribution in [-0.4, -0.2) is 6.04 Å². The minimum Gasteiger partial charge on any atom is -0.271 e. The quantitative estimate of drug-likeness (QED) is 0.455. The summed E-state index contributed by atoms with van der Waals surface area (Å²) >= 11 is 0. The number of hydrogen-bond donors (Lipinski definition) is 2. The van der Waals surface area contributed by atoms with E-state index in [1.54, 1.807) is 0 Å². The second-order valence-electron chi connectivity index (χ2n) is 3.39. The summed E-state index contributed by atoms with van der Waals surface area (Å²) < 4.78 is 0. The molecule has 0 aliphatic carbocycles. The van der Waals surface area contributed by atoms with Crippen LogP contribution in [0.25, 0.3) is 0 Å². The predicted octanol–water partition coefficient (Wildman–Crippen LogP) is 1.66. The van der Waals surface area contributed by atoms with Crippen molar-refractivity contribution >= 4 is 0 Å². The van der Waals surface area contributed by atoms with Crippen LogP contribution >= 0.6 is 0 Å². The molecule has 0 aliphatic rings. The van der Waals surface area contributed by atoms with Gasteiger partial charge in [0, 0.05) is 6.04 Å². The minimum atomic E-state index is 0.471. The van der Waals surface area contributed by atoms with E-state index in [2.05, 4.69) is 26.2 Å². The largest absolute Gasteiger partial charge is 0.271 e. The number of hydrazine groups is 1. The number of nitrogens with one attached hydrogen (secondary N) is 1. The molecule has 0 radical (unpaired) electrons. The number of nitrogens with two attached hydrogens (primary N) is 1. The fraction of sp³-hybridized carbons (Fsp3) is 1.00. The van der Waals surface area contributed by atoms with Gasteiger partial charge >= 0.3 is 0 Å². The van der Waals surface area contributed by atoms with E-state index < -0.39 is 0 Å². The van der Waals surface area contributed by atoms with Gasteiger partial charge in [-0.1, -0.05) is 26.7 Å². The van der Waals surface area contributed by atoms with Crippen LogP contribution in [0, 0.1) is 5.92 Å². The lowest BCUT2D eigenvalue weighted by atomic mass is 10.0. The van der Waals surface area contributed by atoms with E-state index in [1.807, 2.05) is 0 Å². The molecular weight excluding hydrogens is 124 g/mol. The summed E-state index contributed by atoms with van der Waals surface area (Å²) in [7, 11) is 0. The van der Waals surface area contributed by atoms with Gasteiger partial charge < -0.3 is 0 Å². The molecule has 0 spiro atoms. The second-order valence-corrected chi connectivity index (χ2v) is 3.39. The van der Waals surface area contributed by atoms with Crippen LogP contribution < -0.4 is 11.3 Å². The van der Waals surface area contributed by atoms with Crippen molar-refractivity contribution in [3.63, 3.8) is 0 Å². The first kappa shape index (κ1) is 9.92. The average molecular weight is 144 g/mol. The van der Waals surface area contributed by atoms with E-state index >= 15 is 0 Å². The third-order valence-electron chi connectivity index (χ3n) is 1.70. The van der Waals surface area contributed by atoms with Gasteiger partial charge in [-0.2, -0.15) is 0 Å². The van der Waals surface area contributed by atoms with E-state index in [9.17, 15) is 0 Å². The van der Waals surface area contributed by atoms with Gasteiger partial charge in [0.15, 0.2) is 0 Å². The van der Waals surface area contributed by atoms with Crippen molar-refractivity contribution in [2.24, 2.45) is 11.8 Å². The van der Waals surface area contributed by atoms with Crippen LogP contribution in [0.3, 0.4) is 0 Å². The number of rotatable bonds is 5. The minimum absolute atomic E-state index is 0.471. The molecule has 1 atom stereocenters. The molecule has 0 aromatic rings. The SMILES string of the molecule is CC(C)CCCC(C)NN. The van der Waals surface area contributed by atoms with Gasteiger partial charge in [-0.15, -0.1) is 0 Å². The Labute approximate surface area is 64.2 Å². The molecule has 2 nitrogen and oxygen atoms in total. The molecule has 0 fully saturated rings. The fourth-order valence-electron chi connectivity index (χ4n) is 0.916. The van der Waals surface area contributed by atoms with Crippen molar-refractivity contribution in [1.29, 1.82) is 0 Å². The summed E-state index contributed by atoms with van der Waals surface area (Å²) in [5.41, 5.74) is 2.74. The Morgan fingerprint density at radius 1 is 1.20 bits per heavy atom. The molecule has 62 valence electrons. The molecule has 0 amide bonds. The zero-order chi connectivity index (χ0) is 7.98. The molecule has 0 aromatic carbocycles. The second kappa shape index (κ2) is 5.69. The van der Waals surface area contributed by atoms with E-state index in [0.717, 1.165) is 5.92 Å². The Kier molecular flexibility index (Phi) is 5.64. The van der Waals surface area contributed by atoms with Crippen molar-refractivity contribution in [1.82, 2.24) is 5.43 Å². The average Bonchev–Trinajstić information content (AvgIpc) is 1.87. The van der Waals surface area contributed by atoms with Crippen molar-refractivity contribution in [3.8, 4) is 0 Å². The van der Waals surface area contributed by atoms with Crippen LogP contribution in [0.1, 0.15) is 40.0 Å². The van der Waals surface area contributed by atoms with Gasteiger partial charge in [-0.3, -0.25) is 11.3 Å². The third-order valence-corrected chi connectivity index (χ3v) is 1.70. The van der Waals surface area contributed by atoms with Gasteiger partial charge in [0.05, 0.1) is 0 Å². The first-order chi connectivity index (χ1) is 4.66. The first-order valence-corrected chi connectivity index (χ1v) is 4.13. The van der Waals surface area contributed by atoms with Crippen molar-refractivity contribution in [3.05, 3.63) is 0 Å². The van der Waals surface area contributed by atoms with Crippen LogP contribution in [-0.2, 0) is 0 Å². The van der Waals surface area contributed by atoms with E-state index in [4.69, 9.17) is 5.84 Å². The molecule has 0 saturated carbocycles. The Bertz CT molecular complexity index is 71.7. The number of hydrogen-bond acceptors (Lipinski definition) is 2. The van der Waals surface area contributed by atoms with Gasteiger partial charge in [0.2, 0.25) is 0 Å². The molecule has 1 unspecified atom stereocenters. The summed E-state index contributed by atoms with van der Waals surface area (Å²) in [6, 6.07) is 0.471. The van der Waals surface area contributed by atoms with Gasteiger partial charge in [0.1, 0.15) is 0 Å². The maximum absolute atomic E-state index is 5.24. The molecule has 0 saturated heterocycles. The summed E-state index contributed by atoms with van der Waals surface area (Å²) in [6.45, 7) is 6.61. The maximum atomic E-state index is 5.24. The summed E-state index contributed by atoms with van der Waals surface area (Å²) in [6.07, 6.45) is 3.78. The maximum Gasteiger partial charge on any atom is 0.0182 e. The summed E-state index contributed by atoms with van der Waals surface area (Å²) in [5, 5.41) is 0. The zero-order valence-electron chi connectivity index (χ0n) is 7.35. The first-order valence-electron chi connectivity index (χ1n) is 4.13. The summed E-state index contributed by atoms with van der Waals surface area (Å²) in [5.74, 6) is 6.06. The topological polar surface area (TPSA) is 38.0 Å². The van der Waals surface area contributed by atoms with Crippen LogP contribution in [0.4, 0.5) is 0 Å². The highest BCUT2D eigenvalue weighted by Crippen LogP contribution is 2.07. The standard InChI is InChI=1S/C8H20N2/c1-7(2)5-4-6-8(3)10-9/h7-8,10H,4-6,9H2,1-3H3. The molecule has 0 aliphatic heterocycles. The lowest BCUT2D eigenvalue weighted by molar-refractivity contribution is 0.465. The zero-order valence-corrected chi connectivity index (χ0v) is 7.35. The third kappa shape index (κ3) is 6.05. The van der Waals surface area contributed by atoms with Gasteiger partial charge in [0.25, 0.3) is 0 Å². The fourth-order valence-corrected chi connectivity index (χ4v) is 0.916. The van der Waals surface area contributed by atoms with Crippen LogP contribution in [0.15, 0.2) is 0 Å². The molecule has 10 heavy (non-hydrogen) atoms. The van der Waals surface area contributed by atoms with Gasteiger partial charge in [-0.05, 0) is 19.3 Å². The highest BCUT2D eigenvalue weighted by molar-refractivity contribution is 4.56. The monoisotopic (exact) mass is 144 g/mol. The molecule has 3 N–H and O–H groups in total. The molecule has 0 heterocycles. The molecule has 0 bridgehead atoms. The highest BCUT2D eigenvalue weighted by atomic mass is 15.2. The lowest BCUT2D eigenvalue weighted by Gasteiger charge is -2.09. The van der Waals surface area contributed by atoms with Gasteiger partial charge in [-0.25, -0.2) is 0 Å². The van der Waals surface area contributed by atoms with E-state index in [0.29, 0.717) is 6.04 Å². The summed E-state index contributed by atoms with van der Waals surface area (Å²) in [4.78, 5) is 0. The molecule has 0 aromatic heterocycles. The van der Waals surface area contributed by atoms with Crippen molar-refractivity contribution < 1.29 is 0 Å². The lowest BCUT2D eigenvalue weighted by Crippen LogP contribution is -2.32. The normalized spacial score (nSPS) is 14.1. The highest BCUT2D eigenvalue weighted by Gasteiger charge is 1.98. The predicted molar refractivity (Wildman–Crippen MR) is 45.5 cm³/mol. The molecule has 2 heteroatoms. The smallest absolute Gasteiger partial charge is 0.0182 e. The molecule has 0 rings (SSSR count). The van der Waals surface area contributed by atoms with E-state index in [1.165, 1.54) is 19.3 Å². The van der Waals surface area contributed by atoms with Crippen molar-refractivity contribution in [2.45, 2.75) is 46.1 Å². The Balaban J connectivity index is 3.03.